The molecule has 0 saturated carbocycles. The van der Waals surface area contributed by atoms with Crippen molar-refractivity contribution in [2.24, 2.45) is 5.73 Å². The lowest BCUT2D eigenvalue weighted by atomic mass is 10.0. The number of alkyl halides is 3. The van der Waals surface area contributed by atoms with Crippen molar-refractivity contribution in [1.29, 1.82) is 0 Å². The van der Waals surface area contributed by atoms with Crippen LogP contribution in [0.2, 0.25) is 0 Å². The maximum atomic E-state index is 13.0. The highest BCUT2D eigenvalue weighted by atomic mass is 19.4. The maximum Gasteiger partial charge on any atom is 0.431 e. The molecule has 8 heteroatoms. The zero-order chi connectivity index (χ0) is 15.8. The number of rotatable bonds is 2. The Morgan fingerprint density at radius 3 is 2.19 bits per heavy atom. The molecule has 0 saturated heterocycles. The lowest BCUT2D eigenvalue weighted by Crippen LogP contribution is -2.27. The van der Waals surface area contributed by atoms with Crippen LogP contribution in [-0.2, 0) is 6.18 Å². The minimum atomic E-state index is -4.85. The fourth-order valence-corrected chi connectivity index (χ4v) is 1.79. The van der Waals surface area contributed by atoms with Crippen molar-refractivity contribution < 1.29 is 22.4 Å². The third-order valence-electron chi connectivity index (χ3n) is 2.75. The smallest absolute Gasteiger partial charge is 0.365 e. The first-order valence-electron chi connectivity index (χ1n) is 5.60. The Hall–Kier alpha value is -2.64. The van der Waals surface area contributed by atoms with Gasteiger partial charge in [-0.2, -0.15) is 13.2 Å². The maximum absolute atomic E-state index is 13.0. The number of primary amides is 1. The van der Waals surface area contributed by atoms with Crippen LogP contribution in [0.5, 0.6) is 0 Å². The fourth-order valence-electron chi connectivity index (χ4n) is 1.79. The van der Waals surface area contributed by atoms with E-state index in [1.54, 1.807) is 4.98 Å². The zero-order valence-electron chi connectivity index (χ0n) is 10.3. The van der Waals surface area contributed by atoms with E-state index in [9.17, 15) is 27.2 Å². The number of nitrogens with one attached hydrogen (secondary N) is 1. The van der Waals surface area contributed by atoms with Crippen LogP contribution in [0.25, 0.3) is 11.1 Å². The molecule has 0 aliphatic carbocycles. The van der Waals surface area contributed by atoms with Crippen molar-refractivity contribution in [3.05, 3.63) is 57.8 Å². The first kappa shape index (κ1) is 14.8. The number of benzene rings is 1. The molecule has 0 spiro atoms. The summed E-state index contributed by atoms with van der Waals surface area (Å²) in [5.74, 6) is -1.79. The summed E-state index contributed by atoms with van der Waals surface area (Å²) in [6, 6.07) is 4.87. The lowest BCUT2D eigenvalue weighted by Gasteiger charge is -2.13. The average molecular weight is 300 g/mol. The summed E-state index contributed by atoms with van der Waals surface area (Å²) in [6.45, 7) is 0. The van der Waals surface area contributed by atoms with E-state index in [2.05, 4.69) is 0 Å². The molecule has 1 aromatic carbocycles. The largest absolute Gasteiger partial charge is 0.431 e. The second-order valence-corrected chi connectivity index (χ2v) is 4.17. The van der Waals surface area contributed by atoms with Crippen LogP contribution in [-0.4, -0.2) is 10.9 Å². The van der Waals surface area contributed by atoms with Gasteiger partial charge in [0.2, 0.25) is 0 Å². The fraction of sp³-hybridized carbons (Fsp3) is 0.0769. The molecule has 0 fully saturated rings. The van der Waals surface area contributed by atoms with Gasteiger partial charge in [0.15, 0.2) is 0 Å². The summed E-state index contributed by atoms with van der Waals surface area (Å²) < 4.78 is 51.8. The van der Waals surface area contributed by atoms with E-state index in [0.29, 0.717) is 0 Å². The van der Waals surface area contributed by atoms with Crippen LogP contribution in [0.3, 0.4) is 0 Å². The molecule has 4 nitrogen and oxygen atoms in total. The Kier molecular flexibility index (Phi) is 3.54. The lowest BCUT2D eigenvalue weighted by molar-refractivity contribution is -0.140. The Balaban J connectivity index is 2.77. The number of hydrogen-bond acceptors (Lipinski definition) is 2. The number of halogens is 4. The Morgan fingerprint density at radius 1 is 1.14 bits per heavy atom. The number of hydrogen-bond donors (Lipinski definition) is 2. The Labute approximate surface area is 115 Å². The number of nitrogens with two attached hydrogens (primary N) is 1. The molecule has 0 aliphatic rings. The molecule has 2 aromatic rings. The highest BCUT2D eigenvalue weighted by Gasteiger charge is 2.36. The molecule has 1 aromatic heterocycles. The number of aromatic nitrogens is 1. The number of H-pyrrole nitrogens is 1. The first-order valence-corrected chi connectivity index (χ1v) is 5.60. The van der Waals surface area contributed by atoms with E-state index in [0.717, 1.165) is 30.3 Å². The molecule has 0 radical (unpaired) electrons. The van der Waals surface area contributed by atoms with E-state index in [4.69, 9.17) is 5.73 Å². The van der Waals surface area contributed by atoms with Gasteiger partial charge in [0.1, 0.15) is 17.1 Å². The number of carbonyl (C=O) groups excluding carboxylic acids is 1. The van der Waals surface area contributed by atoms with Gasteiger partial charge in [-0.1, -0.05) is 12.1 Å². The summed E-state index contributed by atoms with van der Waals surface area (Å²) in [5.41, 5.74) is 1.30. The van der Waals surface area contributed by atoms with Crippen molar-refractivity contribution in [3.8, 4) is 11.1 Å². The second-order valence-electron chi connectivity index (χ2n) is 4.17. The number of aromatic amines is 1. The van der Waals surface area contributed by atoms with Gasteiger partial charge in [-0.25, -0.2) is 4.39 Å². The Bertz CT molecular complexity index is 748. The summed E-state index contributed by atoms with van der Waals surface area (Å²) in [7, 11) is 0. The molecule has 0 unspecified atom stereocenters. The Morgan fingerprint density at radius 2 is 1.71 bits per heavy atom. The van der Waals surface area contributed by atoms with Gasteiger partial charge in [-0.3, -0.25) is 9.59 Å². The third-order valence-corrected chi connectivity index (χ3v) is 2.75. The molecule has 0 atom stereocenters. The van der Waals surface area contributed by atoms with Crippen LogP contribution < -0.4 is 11.3 Å². The number of pyridine rings is 1. The van der Waals surface area contributed by atoms with E-state index >= 15 is 0 Å². The predicted octanol–water partition coefficient (Wildman–Crippen LogP) is 2.30. The van der Waals surface area contributed by atoms with E-state index < -0.39 is 40.3 Å². The van der Waals surface area contributed by atoms with Gasteiger partial charge in [0.05, 0.1) is 0 Å². The standard InChI is InChI=1S/C13H8F4N2O2/c14-7-3-1-6(2-4-7)8-5-9(11(18)20)12(21)19-10(8)13(15,16)17/h1-5H,(H2,18,20)(H,19,21). The molecular formula is C13H8F4N2O2. The topological polar surface area (TPSA) is 76.0 Å². The molecule has 21 heavy (non-hydrogen) atoms. The third kappa shape index (κ3) is 2.93. The summed E-state index contributed by atoms with van der Waals surface area (Å²) >= 11 is 0. The molecule has 1 heterocycles. The minimum Gasteiger partial charge on any atom is -0.365 e. The highest BCUT2D eigenvalue weighted by molar-refractivity contribution is 5.93. The second kappa shape index (κ2) is 5.04. The molecular weight excluding hydrogens is 292 g/mol. The normalized spacial score (nSPS) is 11.4. The molecule has 0 bridgehead atoms. The van der Waals surface area contributed by atoms with E-state index in [-0.39, 0.29) is 5.56 Å². The van der Waals surface area contributed by atoms with Crippen LogP contribution in [0, 0.1) is 5.82 Å². The van der Waals surface area contributed by atoms with Crippen molar-refractivity contribution in [2.45, 2.75) is 6.18 Å². The van der Waals surface area contributed by atoms with Crippen molar-refractivity contribution in [1.82, 2.24) is 4.98 Å². The summed E-state index contributed by atoms with van der Waals surface area (Å²) in [4.78, 5) is 24.1. The monoisotopic (exact) mass is 300 g/mol. The van der Waals surface area contributed by atoms with Gasteiger partial charge in [-0.15, -0.1) is 0 Å². The number of amides is 1. The number of carbonyl (C=O) groups is 1. The van der Waals surface area contributed by atoms with E-state index in [1.807, 2.05) is 0 Å². The molecule has 2 rings (SSSR count). The minimum absolute atomic E-state index is 0.0116. The van der Waals surface area contributed by atoms with Gasteiger partial charge in [0.25, 0.3) is 11.5 Å². The van der Waals surface area contributed by atoms with Gasteiger partial charge < -0.3 is 10.7 Å². The average Bonchev–Trinajstić information content (AvgIpc) is 2.38. The van der Waals surface area contributed by atoms with Gasteiger partial charge >= 0.3 is 6.18 Å². The zero-order valence-corrected chi connectivity index (χ0v) is 10.3. The molecule has 110 valence electrons. The first-order chi connectivity index (χ1) is 9.70. The molecule has 1 amide bonds. The van der Waals surface area contributed by atoms with Crippen LogP contribution >= 0.6 is 0 Å². The van der Waals surface area contributed by atoms with Crippen molar-refractivity contribution in [3.63, 3.8) is 0 Å². The predicted molar refractivity (Wildman–Crippen MR) is 66.0 cm³/mol. The summed E-state index contributed by atoms with van der Waals surface area (Å²) in [5, 5.41) is 0. The van der Waals surface area contributed by atoms with Crippen molar-refractivity contribution in [2.75, 3.05) is 0 Å². The summed E-state index contributed by atoms with van der Waals surface area (Å²) in [6.07, 6.45) is -4.85. The van der Waals surface area contributed by atoms with Crippen LogP contribution in [0.1, 0.15) is 16.1 Å². The quantitative estimate of drug-likeness (QED) is 0.835. The molecule has 0 aliphatic heterocycles. The van der Waals surface area contributed by atoms with Gasteiger partial charge in [-0.05, 0) is 23.8 Å². The highest BCUT2D eigenvalue weighted by Crippen LogP contribution is 2.35. The van der Waals surface area contributed by atoms with Crippen molar-refractivity contribution >= 4 is 5.91 Å². The van der Waals surface area contributed by atoms with Gasteiger partial charge in [0, 0.05) is 5.56 Å². The van der Waals surface area contributed by atoms with Crippen LogP contribution in [0.15, 0.2) is 35.1 Å². The molecule has 3 N–H and O–H groups in total. The van der Waals surface area contributed by atoms with E-state index in [1.165, 1.54) is 0 Å². The SMILES string of the molecule is NC(=O)c1cc(-c2ccc(F)cc2)c(C(F)(F)F)[nH]c1=O. The van der Waals surface area contributed by atoms with Crippen LogP contribution in [0.4, 0.5) is 17.6 Å².